The highest BCUT2D eigenvalue weighted by atomic mass is 32.1. The zero-order chi connectivity index (χ0) is 16.2. The van der Waals surface area contributed by atoms with E-state index in [1.165, 1.54) is 11.3 Å². The lowest BCUT2D eigenvalue weighted by Gasteiger charge is -2.17. The number of thiazole rings is 1. The van der Waals surface area contributed by atoms with Crippen LogP contribution in [0.3, 0.4) is 0 Å². The van der Waals surface area contributed by atoms with Crippen molar-refractivity contribution >= 4 is 23.1 Å². The fraction of sp³-hybridized carbons (Fsp3) is 0.200. The van der Waals surface area contributed by atoms with Crippen LogP contribution >= 0.6 is 11.3 Å². The minimum atomic E-state index is -0.229. The predicted octanol–water partition coefficient (Wildman–Crippen LogP) is 3.17. The molecular formula is C15H15N5O2S. The Morgan fingerprint density at radius 2 is 2.22 bits per heavy atom. The van der Waals surface area contributed by atoms with E-state index in [0.29, 0.717) is 29.5 Å². The molecule has 1 aromatic carbocycles. The van der Waals surface area contributed by atoms with Crippen LogP contribution in [0.4, 0.5) is 10.5 Å². The van der Waals surface area contributed by atoms with Crippen LogP contribution in [-0.2, 0) is 6.54 Å². The molecule has 0 aliphatic carbocycles. The third kappa shape index (κ3) is 3.54. The van der Waals surface area contributed by atoms with Gasteiger partial charge in [-0.2, -0.15) is 4.98 Å². The van der Waals surface area contributed by atoms with E-state index in [2.05, 4.69) is 20.4 Å². The molecule has 1 N–H and O–H groups in total. The fourth-order valence-corrected chi connectivity index (χ4v) is 2.68. The number of urea groups is 1. The van der Waals surface area contributed by atoms with E-state index < -0.39 is 0 Å². The Morgan fingerprint density at radius 3 is 2.91 bits per heavy atom. The second kappa shape index (κ2) is 6.57. The highest BCUT2D eigenvalue weighted by Gasteiger charge is 2.15. The molecule has 7 nitrogen and oxygen atoms in total. The summed E-state index contributed by atoms with van der Waals surface area (Å²) >= 11 is 1.51. The van der Waals surface area contributed by atoms with Crippen LogP contribution in [0.25, 0.3) is 11.4 Å². The predicted molar refractivity (Wildman–Crippen MR) is 87.1 cm³/mol. The largest absolute Gasteiger partial charge is 0.339 e. The summed E-state index contributed by atoms with van der Waals surface area (Å²) in [5.74, 6) is 0.919. The van der Waals surface area contributed by atoms with E-state index in [9.17, 15) is 4.79 Å². The van der Waals surface area contributed by atoms with Gasteiger partial charge in [0, 0.05) is 31.1 Å². The summed E-state index contributed by atoms with van der Waals surface area (Å²) in [5, 5.41) is 9.54. The van der Waals surface area contributed by atoms with Crippen molar-refractivity contribution in [2.45, 2.75) is 13.5 Å². The molecule has 0 saturated carbocycles. The molecule has 0 atom stereocenters. The first-order valence-corrected chi connectivity index (χ1v) is 7.81. The van der Waals surface area contributed by atoms with Crippen LogP contribution in [0.2, 0.25) is 0 Å². The summed E-state index contributed by atoms with van der Waals surface area (Å²) in [6, 6.07) is 7.10. The van der Waals surface area contributed by atoms with Gasteiger partial charge in [-0.05, 0) is 12.1 Å². The van der Waals surface area contributed by atoms with Crippen molar-refractivity contribution in [1.29, 1.82) is 0 Å². The summed E-state index contributed by atoms with van der Waals surface area (Å²) in [7, 11) is 1.72. The van der Waals surface area contributed by atoms with Crippen molar-refractivity contribution in [3.63, 3.8) is 0 Å². The average Bonchev–Trinajstić information content (AvgIpc) is 3.19. The van der Waals surface area contributed by atoms with Gasteiger partial charge in [-0.1, -0.05) is 17.3 Å². The van der Waals surface area contributed by atoms with Gasteiger partial charge >= 0.3 is 6.03 Å². The third-order valence-corrected chi connectivity index (χ3v) is 3.90. The molecule has 0 aliphatic heterocycles. The van der Waals surface area contributed by atoms with Crippen LogP contribution in [0.5, 0.6) is 0 Å². The molecular weight excluding hydrogens is 314 g/mol. The van der Waals surface area contributed by atoms with Crippen LogP contribution in [0, 0.1) is 6.92 Å². The third-order valence-electron chi connectivity index (χ3n) is 3.14. The van der Waals surface area contributed by atoms with Crippen molar-refractivity contribution in [2.75, 3.05) is 12.4 Å². The number of hydrogen-bond donors (Lipinski definition) is 1. The van der Waals surface area contributed by atoms with Crippen LogP contribution in [0.1, 0.15) is 10.9 Å². The molecule has 0 bridgehead atoms. The van der Waals surface area contributed by atoms with Gasteiger partial charge in [0.15, 0.2) is 0 Å². The van der Waals surface area contributed by atoms with E-state index in [1.54, 1.807) is 31.1 Å². The van der Waals surface area contributed by atoms with E-state index in [-0.39, 0.29) is 6.03 Å². The van der Waals surface area contributed by atoms with E-state index in [1.807, 2.05) is 23.6 Å². The van der Waals surface area contributed by atoms with Crippen LogP contribution in [0.15, 0.2) is 40.4 Å². The SMILES string of the molecule is Cc1nc(-c2ccccc2NC(=O)N(C)Cc2nccs2)no1. The van der Waals surface area contributed by atoms with Gasteiger partial charge in [0.05, 0.1) is 12.2 Å². The lowest BCUT2D eigenvalue weighted by atomic mass is 10.1. The summed E-state index contributed by atoms with van der Waals surface area (Å²) < 4.78 is 5.01. The normalized spacial score (nSPS) is 10.5. The summed E-state index contributed by atoms with van der Waals surface area (Å²) in [6.45, 7) is 2.17. The standard InChI is InChI=1S/C15H15N5O2S/c1-10-17-14(19-22-10)11-5-3-4-6-12(11)18-15(21)20(2)9-13-16-7-8-23-13/h3-8H,9H2,1-2H3,(H,18,21). The number of anilines is 1. The Balaban J connectivity index is 1.76. The Morgan fingerprint density at radius 1 is 1.39 bits per heavy atom. The second-order valence-electron chi connectivity index (χ2n) is 4.89. The lowest BCUT2D eigenvalue weighted by Crippen LogP contribution is -2.31. The van der Waals surface area contributed by atoms with Crippen molar-refractivity contribution < 1.29 is 9.32 Å². The maximum atomic E-state index is 12.4. The average molecular weight is 329 g/mol. The number of carbonyl (C=O) groups is 1. The van der Waals surface area contributed by atoms with E-state index in [4.69, 9.17) is 4.52 Å². The molecule has 0 saturated heterocycles. The smallest absolute Gasteiger partial charge is 0.321 e. The Hall–Kier alpha value is -2.74. The molecule has 0 fully saturated rings. The van der Waals surface area contributed by atoms with Crippen molar-refractivity contribution in [2.24, 2.45) is 0 Å². The van der Waals surface area contributed by atoms with E-state index >= 15 is 0 Å². The van der Waals surface area contributed by atoms with Gasteiger partial charge in [0.25, 0.3) is 0 Å². The maximum absolute atomic E-state index is 12.4. The molecule has 3 rings (SSSR count). The Bertz CT molecular complexity index is 800. The zero-order valence-corrected chi connectivity index (χ0v) is 13.5. The number of aryl methyl sites for hydroxylation is 1. The van der Waals surface area contributed by atoms with Gasteiger partial charge in [0.1, 0.15) is 5.01 Å². The first-order valence-electron chi connectivity index (χ1n) is 6.93. The maximum Gasteiger partial charge on any atom is 0.321 e. The van der Waals surface area contributed by atoms with Gasteiger partial charge < -0.3 is 14.7 Å². The molecule has 23 heavy (non-hydrogen) atoms. The monoisotopic (exact) mass is 329 g/mol. The van der Waals surface area contributed by atoms with Gasteiger partial charge in [-0.3, -0.25) is 0 Å². The van der Waals surface area contributed by atoms with Crippen molar-refractivity contribution in [3.05, 3.63) is 46.7 Å². The van der Waals surface area contributed by atoms with Gasteiger partial charge in [-0.15, -0.1) is 11.3 Å². The number of aromatic nitrogens is 3. The minimum absolute atomic E-state index is 0.229. The first-order chi connectivity index (χ1) is 11.1. The number of benzene rings is 1. The molecule has 2 heterocycles. The van der Waals surface area contributed by atoms with Crippen LogP contribution in [-0.4, -0.2) is 33.1 Å². The van der Waals surface area contributed by atoms with E-state index in [0.717, 1.165) is 5.01 Å². The summed E-state index contributed by atoms with van der Waals surface area (Å²) in [4.78, 5) is 22.3. The number of hydrogen-bond acceptors (Lipinski definition) is 6. The number of carbonyl (C=O) groups excluding carboxylic acids is 1. The van der Waals surface area contributed by atoms with Crippen molar-refractivity contribution in [3.8, 4) is 11.4 Å². The topological polar surface area (TPSA) is 84.2 Å². The molecule has 2 aromatic heterocycles. The first kappa shape index (κ1) is 15.2. The highest BCUT2D eigenvalue weighted by molar-refractivity contribution is 7.09. The number of nitrogens with one attached hydrogen (secondary N) is 1. The number of para-hydroxylation sites is 1. The summed E-state index contributed by atoms with van der Waals surface area (Å²) in [6.07, 6.45) is 1.72. The molecule has 0 unspecified atom stereocenters. The fourth-order valence-electron chi connectivity index (χ4n) is 2.01. The molecule has 8 heteroatoms. The Kier molecular flexibility index (Phi) is 4.33. The van der Waals surface area contributed by atoms with Crippen LogP contribution < -0.4 is 5.32 Å². The number of amides is 2. The molecule has 2 amide bonds. The zero-order valence-electron chi connectivity index (χ0n) is 12.7. The van der Waals surface area contributed by atoms with Crippen molar-refractivity contribution in [1.82, 2.24) is 20.0 Å². The quantitative estimate of drug-likeness (QED) is 0.795. The molecule has 0 radical (unpaired) electrons. The molecule has 3 aromatic rings. The number of rotatable bonds is 4. The summed E-state index contributed by atoms with van der Waals surface area (Å²) in [5.41, 5.74) is 1.34. The van der Waals surface area contributed by atoms with Gasteiger partial charge in [-0.25, -0.2) is 9.78 Å². The molecule has 0 spiro atoms. The second-order valence-corrected chi connectivity index (χ2v) is 5.87. The highest BCUT2D eigenvalue weighted by Crippen LogP contribution is 2.25. The lowest BCUT2D eigenvalue weighted by molar-refractivity contribution is 0.220. The number of nitrogens with zero attached hydrogens (tertiary/aromatic N) is 4. The Labute approximate surface area is 137 Å². The van der Waals surface area contributed by atoms with Gasteiger partial charge in [0.2, 0.25) is 11.7 Å². The molecule has 0 aliphatic rings. The molecule has 118 valence electrons. The minimum Gasteiger partial charge on any atom is -0.339 e.